The first kappa shape index (κ1) is 16.8. The lowest BCUT2D eigenvalue weighted by molar-refractivity contribution is 0.343. The molecular formula is C19H23N7S. The van der Waals surface area contributed by atoms with Gasteiger partial charge < -0.3 is 15.2 Å². The highest BCUT2D eigenvalue weighted by Crippen LogP contribution is 2.35. The standard InChI is InChI=1S/C19H23N7S/c1-13-8-21-18-17(13)19(23-12-22-18)25-6-7-27-16(11-25)14-9-24-26(10-14)15-2-4-20-5-3-15/h8-12,15,20H,2-7H2,1H3,(H,21,22,23). The maximum absolute atomic E-state index is 4.65. The quantitative estimate of drug-likeness (QED) is 0.727. The molecule has 0 radical (unpaired) electrons. The number of H-pyrrole nitrogens is 1. The first-order valence-corrected chi connectivity index (χ1v) is 10.4. The molecule has 0 aliphatic carbocycles. The van der Waals surface area contributed by atoms with Gasteiger partial charge in [-0.2, -0.15) is 5.10 Å². The van der Waals surface area contributed by atoms with E-state index in [0.717, 1.165) is 55.1 Å². The van der Waals surface area contributed by atoms with Crippen LogP contribution >= 0.6 is 11.8 Å². The van der Waals surface area contributed by atoms with Gasteiger partial charge in [-0.3, -0.25) is 4.68 Å². The highest BCUT2D eigenvalue weighted by molar-refractivity contribution is 8.08. The number of aromatic nitrogens is 5. The molecule has 3 aromatic rings. The molecule has 0 bridgehead atoms. The van der Waals surface area contributed by atoms with E-state index in [4.69, 9.17) is 0 Å². The van der Waals surface area contributed by atoms with Crippen LogP contribution in [0.5, 0.6) is 0 Å². The molecule has 8 heteroatoms. The van der Waals surface area contributed by atoms with Gasteiger partial charge in [0, 0.05) is 41.4 Å². The molecule has 0 aromatic carbocycles. The molecule has 0 atom stereocenters. The van der Waals surface area contributed by atoms with Crippen molar-refractivity contribution in [2.45, 2.75) is 25.8 Å². The number of hydrogen-bond acceptors (Lipinski definition) is 6. The van der Waals surface area contributed by atoms with Crippen molar-refractivity contribution in [2.24, 2.45) is 0 Å². The zero-order valence-corrected chi connectivity index (χ0v) is 16.2. The predicted molar refractivity (Wildman–Crippen MR) is 110 cm³/mol. The smallest absolute Gasteiger partial charge is 0.145 e. The lowest BCUT2D eigenvalue weighted by atomic mass is 10.1. The SMILES string of the molecule is Cc1c[nH]c2ncnc(N3C=C(c4cnn(C5CCNCC5)c4)SCC3)c12. The maximum atomic E-state index is 4.65. The summed E-state index contributed by atoms with van der Waals surface area (Å²) in [7, 11) is 0. The van der Waals surface area contributed by atoms with E-state index in [1.165, 1.54) is 16.0 Å². The summed E-state index contributed by atoms with van der Waals surface area (Å²) in [4.78, 5) is 15.7. The molecule has 1 saturated heterocycles. The highest BCUT2D eigenvalue weighted by atomic mass is 32.2. The molecule has 5 rings (SSSR count). The van der Waals surface area contributed by atoms with E-state index >= 15 is 0 Å². The van der Waals surface area contributed by atoms with Crippen LogP contribution in [0.4, 0.5) is 5.82 Å². The minimum Gasteiger partial charge on any atom is -0.346 e. The van der Waals surface area contributed by atoms with Crippen LogP contribution in [-0.2, 0) is 0 Å². The average Bonchev–Trinajstić information content (AvgIpc) is 3.36. The lowest BCUT2D eigenvalue weighted by Crippen LogP contribution is -2.29. The van der Waals surface area contributed by atoms with Gasteiger partial charge in [0.1, 0.15) is 17.8 Å². The van der Waals surface area contributed by atoms with Crippen LogP contribution in [0.2, 0.25) is 0 Å². The Morgan fingerprint density at radius 3 is 3.00 bits per heavy atom. The third kappa shape index (κ3) is 3.12. The van der Waals surface area contributed by atoms with E-state index in [1.54, 1.807) is 6.33 Å². The van der Waals surface area contributed by atoms with E-state index in [0.29, 0.717) is 6.04 Å². The Bertz CT molecular complexity index is 983. The van der Waals surface area contributed by atoms with E-state index in [9.17, 15) is 0 Å². The summed E-state index contributed by atoms with van der Waals surface area (Å²) in [5.74, 6) is 2.00. The van der Waals surface area contributed by atoms with Crippen molar-refractivity contribution in [3.8, 4) is 0 Å². The molecule has 140 valence electrons. The molecule has 0 spiro atoms. The Kier molecular flexibility index (Phi) is 4.37. The summed E-state index contributed by atoms with van der Waals surface area (Å²) < 4.78 is 2.15. The summed E-state index contributed by atoms with van der Waals surface area (Å²) in [5, 5.41) is 9.17. The summed E-state index contributed by atoms with van der Waals surface area (Å²) in [5.41, 5.74) is 3.26. The third-order valence-corrected chi connectivity index (χ3v) is 6.39. The van der Waals surface area contributed by atoms with Gasteiger partial charge in [-0.15, -0.1) is 11.8 Å². The largest absolute Gasteiger partial charge is 0.346 e. The van der Waals surface area contributed by atoms with Crippen LogP contribution < -0.4 is 10.2 Å². The Labute approximate surface area is 162 Å². The second-order valence-electron chi connectivity index (χ2n) is 7.12. The molecule has 7 nitrogen and oxygen atoms in total. The number of aromatic amines is 1. The highest BCUT2D eigenvalue weighted by Gasteiger charge is 2.21. The van der Waals surface area contributed by atoms with Gasteiger partial charge in [-0.1, -0.05) is 0 Å². The Hall–Kier alpha value is -2.32. The van der Waals surface area contributed by atoms with Crippen LogP contribution in [0.15, 0.2) is 31.1 Å². The Balaban J connectivity index is 1.46. The third-order valence-electron chi connectivity index (χ3n) is 5.35. The first-order chi connectivity index (χ1) is 13.3. The fourth-order valence-electron chi connectivity index (χ4n) is 3.87. The molecule has 27 heavy (non-hydrogen) atoms. The zero-order valence-electron chi connectivity index (χ0n) is 15.4. The van der Waals surface area contributed by atoms with Gasteiger partial charge in [-0.05, 0) is 38.4 Å². The van der Waals surface area contributed by atoms with Crippen molar-refractivity contribution >= 4 is 33.5 Å². The summed E-state index contributed by atoms with van der Waals surface area (Å²) >= 11 is 1.89. The van der Waals surface area contributed by atoms with Crippen LogP contribution in [0.3, 0.4) is 0 Å². The second-order valence-corrected chi connectivity index (χ2v) is 8.25. The van der Waals surface area contributed by atoms with Crippen molar-refractivity contribution in [3.05, 3.63) is 42.2 Å². The average molecular weight is 382 g/mol. The molecule has 2 aliphatic heterocycles. The maximum Gasteiger partial charge on any atom is 0.145 e. The van der Waals surface area contributed by atoms with Crippen LogP contribution in [0.1, 0.15) is 30.0 Å². The molecule has 2 aliphatic rings. The number of fused-ring (bicyclic) bond motifs is 1. The minimum atomic E-state index is 0.509. The molecule has 0 saturated carbocycles. The fraction of sp³-hybridized carbons (Fsp3) is 0.421. The topological polar surface area (TPSA) is 74.7 Å². The number of piperidine rings is 1. The summed E-state index contributed by atoms with van der Waals surface area (Å²) in [6, 6.07) is 0.509. The molecule has 5 heterocycles. The van der Waals surface area contributed by atoms with Crippen molar-refractivity contribution < 1.29 is 0 Å². The number of anilines is 1. The van der Waals surface area contributed by atoms with Crippen LogP contribution in [0.25, 0.3) is 15.9 Å². The van der Waals surface area contributed by atoms with Crippen LogP contribution in [-0.4, -0.2) is 50.1 Å². The minimum absolute atomic E-state index is 0.509. The monoisotopic (exact) mass is 381 g/mol. The van der Waals surface area contributed by atoms with Gasteiger partial charge in [0.05, 0.1) is 17.6 Å². The molecule has 0 unspecified atom stereocenters. The number of thioether (sulfide) groups is 1. The van der Waals surface area contributed by atoms with Crippen molar-refractivity contribution in [1.29, 1.82) is 0 Å². The van der Waals surface area contributed by atoms with E-state index in [2.05, 4.69) is 54.3 Å². The Morgan fingerprint density at radius 2 is 2.11 bits per heavy atom. The second kappa shape index (κ2) is 7.01. The predicted octanol–water partition coefficient (Wildman–Crippen LogP) is 2.94. The fourth-order valence-corrected chi connectivity index (χ4v) is 4.86. The molecule has 0 amide bonds. The van der Waals surface area contributed by atoms with E-state index < -0.39 is 0 Å². The van der Waals surface area contributed by atoms with Gasteiger partial charge >= 0.3 is 0 Å². The van der Waals surface area contributed by atoms with Gasteiger partial charge in [0.25, 0.3) is 0 Å². The summed E-state index contributed by atoms with van der Waals surface area (Å²) in [6.45, 7) is 5.18. The number of nitrogens with one attached hydrogen (secondary N) is 2. The Morgan fingerprint density at radius 1 is 1.22 bits per heavy atom. The van der Waals surface area contributed by atoms with Gasteiger partial charge in [0.2, 0.25) is 0 Å². The zero-order chi connectivity index (χ0) is 18.2. The van der Waals surface area contributed by atoms with Crippen LogP contribution in [0, 0.1) is 6.92 Å². The summed E-state index contributed by atoms with van der Waals surface area (Å²) in [6.07, 6.45) is 12.3. The molecular weight excluding hydrogens is 358 g/mol. The first-order valence-electron chi connectivity index (χ1n) is 9.45. The normalized spacial score (nSPS) is 18.9. The van der Waals surface area contributed by atoms with E-state index in [1.807, 2.05) is 24.2 Å². The number of aryl methyl sites for hydroxylation is 1. The number of nitrogens with zero attached hydrogens (tertiary/aromatic N) is 5. The molecule has 3 aromatic heterocycles. The number of hydrogen-bond donors (Lipinski definition) is 2. The van der Waals surface area contributed by atoms with Crippen molar-refractivity contribution in [1.82, 2.24) is 30.0 Å². The van der Waals surface area contributed by atoms with Crippen molar-refractivity contribution in [3.63, 3.8) is 0 Å². The van der Waals surface area contributed by atoms with Crippen molar-refractivity contribution in [2.75, 3.05) is 30.3 Å². The molecule has 1 fully saturated rings. The van der Waals surface area contributed by atoms with Gasteiger partial charge in [0.15, 0.2) is 0 Å². The molecule has 2 N–H and O–H groups in total. The van der Waals surface area contributed by atoms with E-state index in [-0.39, 0.29) is 0 Å². The van der Waals surface area contributed by atoms with Gasteiger partial charge in [-0.25, -0.2) is 9.97 Å². The lowest BCUT2D eigenvalue weighted by Gasteiger charge is -2.26. The number of rotatable bonds is 3.